The van der Waals surface area contributed by atoms with Crippen LogP contribution < -0.4 is 0 Å². The van der Waals surface area contributed by atoms with Crippen LogP contribution in [0.1, 0.15) is 29.5 Å². The van der Waals surface area contributed by atoms with E-state index in [0.717, 1.165) is 31.5 Å². The van der Waals surface area contributed by atoms with Crippen LogP contribution in [0.4, 0.5) is 0 Å². The molecular weight excluding hydrogens is 324 g/mol. The van der Waals surface area contributed by atoms with Gasteiger partial charge in [0.25, 0.3) is 0 Å². The van der Waals surface area contributed by atoms with Crippen LogP contribution in [-0.4, -0.2) is 47.0 Å². The van der Waals surface area contributed by atoms with Crippen LogP contribution in [0, 0.1) is 6.92 Å². The Kier molecular flexibility index (Phi) is 5.94. The van der Waals surface area contributed by atoms with Crippen LogP contribution in [0.3, 0.4) is 0 Å². The summed E-state index contributed by atoms with van der Waals surface area (Å²) in [6, 6.07) is 15.7. The molecule has 0 saturated carbocycles. The van der Waals surface area contributed by atoms with Gasteiger partial charge in [-0.1, -0.05) is 42.0 Å². The summed E-state index contributed by atoms with van der Waals surface area (Å²) in [5.41, 5.74) is 3.35. The van der Waals surface area contributed by atoms with E-state index < -0.39 is 0 Å². The Balaban J connectivity index is 1.75. The van der Waals surface area contributed by atoms with Crippen molar-refractivity contribution < 1.29 is 9.90 Å². The van der Waals surface area contributed by atoms with E-state index in [2.05, 4.69) is 48.0 Å². The van der Waals surface area contributed by atoms with Gasteiger partial charge in [-0.25, -0.2) is 0 Å². The molecule has 4 nitrogen and oxygen atoms in total. The van der Waals surface area contributed by atoms with Crippen LogP contribution in [0.25, 0.3) is 0 Å². The highest BCUT2D eigenvalue weighted by Gasteiger charge is 2.27. The molecule has 0 spiro atoms. The number of carbonyl (C=O) groups is 1. The minimum absolute atomic E-state index is 0.158. The second-order valence-electron chi connectivity index (χ2n) is 7.38. The van der Waals surface area contributed by atoms with Gasteiger partial charge in [-0.3, -0.25) is 4.79 Å². The molecule has 1 aliphatic rings. The minimum Gasteiger partial charge on any atom is -0.508 e. The van der Waals surface area contributed by atoms with Crippen LogP contribution in [0.15, 0.2) is 48.5 Å². The van der Waals surface area contributed by atoms with Gasteiger partial charge in [-0.05, 0) is 63.2 Å². The summed E-state index contributed by atoms with van der Waals surface area (Å²) in [7, 11) is 2.14. The lowest BCUT2D eigenvalue weighted by Crippen LogP contribution is -2.46. The Bertz CT molecular complexity index is 717. The van der Waals surface area contributed by atoms with Gasteiger partial charge in [0.15, 0.2) is 0 Å². The van der Waals surface area contributed by atoms with Crippen molar-refractivity contribution in [1.82, 2.24) is 9.80 Å². The van der Waals surface area contributed by atoms with Crippen molar-refractivity contribution in [3.8, 4) is 5.75 Å². The van der Waals surface area contributed by atoms with E-state index in [1.54, 1.807) is 12.1 Å². The number of benzene rings is 2. The van der Waals surface area contributed by atoms with Crippen LogP contribution in [0.5, 0.6) is 5.75 Å². The molecule has 138 valence electrons. The van der Waals surface area contributed by atoms with E-state index in [1.807, 2.05) is 12.1 Å². The van der Waals surface area contributed by atoms with Crippen molar-refractivity contribution in [2.45, 2.75) is 38.8 Å². The minimum atomic E-state index is 0.158. The van der Waals surface area contributed by atoms with Gasteiger partial charge in [0.05, 0.1) is 6.42 Å². The van der Waals surface area contributed by atoms with Gasteiger partial charge in [0.2, 0.25) is 5.91 Å². The van der Waals surface area contributed by atoms with Crippen molar-refractivity contribution in [2.75, 3.05) is 20.1 Å². The molecule has 1 saturated heterocycles. The molecule has 1 amide bonds. The first kappa shape index (κ1) is 18.5. The number of nitrogens with zero attached hydrogens (tertiary/aromatic N) is 2. The lowest BCUT2D eigenvalue weighted by atomic mass is 10.0. The molecule has 1 fully saturated rings. The number of hydrogen-bond acceptors (Lipinski definition) is 3. The van der Waals surface area contributed by atoms with Gasteiger partial charge >= 0.3 is 0 Å². The number of piperidine rings is 1. The van der Waals surface area contributed by atoms with Crippen molar-refractivity contribution in [1.29, 1.82) is 0 Å². The summed E-state index contributed by atoms with van der Waals surface area (Å²) in [6.45, 7) is 4.79. The molecule has 3 rings (SSSR count). The molecule has 0 aliphatic carbocycles. The largest absolute Gasteiger partial charge is 0.508 e. The van der Waals surface area contributed by atoms with Gasteiger partial charge in [0.1, 0.15) is 5.75 Å². The number of phenols is 1. The Morgan fingerprint density at radius 3 is 2.23 bits per heavy atom. The van der Waals surface area contributed by atoms with Gasteiger partial charge in [-0.2, -0.15) is 0 Å². The molecule has 0 bridgehead atoms. The van der Waals surface area contributed by atoms with E-state index in [4.69, 9.17) is 0 Å². The molecule has 0 unspecified atom stereocenters. The molecule has 0 radical (unpaired) electrons. The first-order valence-corrected chi connectivity index (χ1v) is 9.33. The zero-order chi connectivity index (χ0) is 18.5. The van der Waals surface area contributed by atoms with E-state index in [9.17, 15) is 9.90 Å². The van der Waals surface area contributed by atoms with Crippen LogP contribution in [0.2, 0.25) is 0 Å². The predicted octanol–water partition coefficient (Wildman–Crippen LogP) is 3.37. The van der Waals surface area contributed by atoms with Crippen LogP contribution >= 0.6 is 0 Å². The average molecular weight is 352 g/mol. The van der Waals surface area contributed by atoms with Crippen molar-refractivity contribution in [3.63, 3.8) is 0 Å². The zero-order valence-corrected chi connectivity index (χ0v) is 15.7. The Hall–Kier alpha value is -2.33. The van der Waals surface area contributed by atoms with E-state index in [1.165, 1.54) is 11.1 Å². The number of phenolic OH excluding ortho intramolecular Hbond substituents is 1. The Labute approximate surface area is 156 Å². The topological polar surface area (TPSA) is 43.8 Å². The maximum atomic E-state index is 13.1. The quantitative estimate of drug-likeness (QED) is 0.897. The third kappa shape index (κ3) is 4.85. The highest BCUT2D eigenvalue weighted by Crippen LogP contribution is 2.21. The summed E-state index contributed by atoms with van der Waals surface area (Å²) in [6.07, 6.45) is 2.41. The standard InChI is InChI=1S/C22H28N2O2/c1-17-3-5-19(6-4-17)16-24(20-11-13-23(2)14-12-20)22(26)15-18-7-9-21(25)10-8-18/h3-10,20,25H,11-16H2,1-2H3. The zero-order valence-electron chi connectivity index (χ0n) is 15.7. The summed E-state index contributed by atoms with van der Waals surface area (Å²) in [5.74, 6) is 0.388. The molecule has 2 aromatic carbocycles. The smallest absolute Gasteiger partial charge is 0.227 e. The lowest BCUT2D eigenvalue weighted by Gasteiger charge is -2.37. The highest BCUT2D eigenvalue weighted by molar-refractivity contribution is 5.79. The van der Waals surface area contributed by atoms with Crippen LogP contribution in [-0.2, 0) is 17.8 Å². The summed E-state index contributed by atoms with van der Waals surface area (Å²) < 4.78 is 0. The normalized spacial score (nSPS) is 15.8. The maximum absolute atomic E-state index is 13.1. The Morgan fingerprint density at radius 1 is 1.04 bits per heavy atom. The number of hydrogen-bond donors (Lipinski definition) is 1. The summed E-state index contributed by atoms with van der Waals surface area (Å²) >= 11 is 0. The molecule has 2 aromatic rings. The second kappa shape index (κ2) is 8.37. The first-order valence-electron chi connectivity index (χ1n) is 9.33. The third-order valence-corrected chi connectivity index (χ3v) is 5.21. The molecule has 0 aromatic heterocycles. The first-order chi connectivity index (χ1) is 12.5. The van der Waals surface area contributed by atoms with Crippen molar-refractivity contribution >= 4 is 5.91 Å². The molecule has 4 heteroatoms. The van der Waals surface area contributed by atoms with Crippen molar-refractivity contribution in [3.05, 3.63) is 65.2 Å². The third-order valence-electron chi connectivity index (χ3n) is 5.21. The van der Waals surface area contributed by atoms with E-state index >= 15 is 0 Å². The maximum Gasteiger partial charge on any atom is 0.227 e. The molecular formula is C22H28N2O2. The summed E-state index contributed by atoms with van der Waals surface area (Å²) in [4.78, 5) is 17.5. The average Bonchev–Trinajstić information content (AvgIpc) is 2.64. The fourth-order valence-electron chi connectivity index (χ4n) is 3.51. The number of carbonyl (C=O) groups excluding carboxylic acids is 1. The number of amides is 1. The van der Waals surface area contributed by atoms with Gasteiger partial charge in [0, 0.05) is 12.6 Å². The predicted molar refractivity (Wildman–Crippen MR) is 104 cm³/mol. The number of aryl methyl sites for hydroxylation is 1. The number of likely N-dealkylation sites (tertiary alicyclic amines) is 1. The fourth-order valence-corrected chi connectivity index (χ4v) is 3.51. The number of rotatable bonds is 5. The van der Waals surface area contributed by atoms with Gasteiger partial charge < -0.3 is 14.9 Å². The molecule has 0 atom stereocenters. The van der Waals surface area contributed by atoms with E-state index in [0.29, 0.717) is 13.0 Å². The second-order valence-corrected chi connectivity index (χ2v) is 7.38. The lowest BCUT2D eigenvalue weighted by molar-refractivity contribution is -0.134. The summed E-state index contributed by atoms with van der Waals surface area (Å²) in [5, 5.41) is 9.45. The highest BCUT2D eigenvalue weighted by atomic mass is 16.3. The molecule has 1 aliphatic heterocycles. The van der Waals surface area contributed by atoms with E-state index in [-0.39, 0.29) is 17.7 Å². The fraction of sp³-hybridized carbons (Fsp3) is 0.409. The number of aromatic hydroxyl groups is 1. The van der Waals surface area contributed by atoms with Crippen molar-refractivity contribution in [2.24, 2.45) is 0 Å². The van der Waals surface area contributed by atoms with Gasteiger partial charge in [-0.15, -0.1) is 0 Å². The molecule has 26 heavy (non-hydrogen) atoms. The SMILES string of the molecule is Cc1ccc(CN(C(=O)Cc2ccc(O)cc2)C2CCN(C)CC2)cc1. The monoisotopic (exact) mass is 352 g/mol. The molecule has 1 heterocycles. The molecule has 1 N–H and O–H groups in total. The Morgan fingerprint density at radius 2 is 1.62 bits per heavy atom.